The van der Waals surface area contributed by atoms with Gasteiger partial charge >= 0.3 is 5.97 Å². The van der Waals surface area contributed by atoms with Gasteiger partial charge in [-0.15, -0.1) is 22.7 Å². The Balaban J connectivity index is 2.00. The molecule has 1 N–H and O–H groups in total. The van der Waals surface area contributed by atoms with E-state index in [1.54, 1.807) is 0 Å². The van der Waals surface area contributed by atoms with Crippen molar-refractivity contribution in [1.29, 1.82) is 0 Å². The number of ether oxygens (including phenoxy) is 1. The first kappa shape index (κ1) is 19.3. The van der Waals surface area contributed by atoms with E-state index in [4.69, 9.17) is 4.74 Å². The number of carbonyl (C=O) groups excluding carboxylic acids is 2. The quantitative estimate of drug-likeness (QED) is 0.587. The Hall–Kier alpha value is -2.44. The van der Waals surface area contributed by atoms with Gasteiger partial charge in [0.1, 0.15) is 10.6 Å². The summed E-state index contributed by atoms with van der Waals surface area (Å²) < 4.78 is 5.01. The fraction of sp³-hybridized carbons (Fsp3) is 0.238. The van der Waals surface area contributed by atoms with Crippen LogP contribution in [0.25, 0.3) is 11.1 Å². The maximum Gasteiger partial charge on any atom is 0.341 e. The molecule has 2 heterocycles. The molecule has 6 heteroatoms. The molecule has 140 valence electrons. The normalized spacial score (nSPS) is 10.7. The molecule has 0 aliphatic carbocycles. The van der Waals surface area contributed by atoms with Crippen LogP contribution in [-0.2, 0) is 16.0 Å². The lowest BCUT2D eigenvalue weighted by Gasteiger charge is -2.09. The van der Waals surface area contributed by atoms with Gasteiger partial charge in [-0.25, -0.2) is 4.79 Å². The lowest BCUT2D eigenvalue weighted by molar-refractivity contribution is -0.115. The summed E-state index contributed by atoms with van der Waals surface area (Å²) in [6.07, 6.45) is 0.286. The van der Waals surface area contributed by atoms with E-state index in [0.717, 1.165) is 26.4 Å². The molecule has 0 spiro atoms. The van der Waals surface area contributed by atoms with Gasteiger partial charge in [-0.05, 0) is 48.9 Å². The zero-order chi connectivity index (χ0) is 19.6. The van der Waals surface area contributed by atoms with E-state index in [1.807, 2.05) is 43.5 Å². The van der Waals surface area contributed by atoms with Crippen LogP contribution in [0.4, 0.5) is 5.00 Å². The summed E-state index contributed by atoms with van der Waals surface area (Å²) in [6.45, 7) is 6.05. The van der Waals surface area contributed by atoms with Crippen LogP contribution in [0, 0.1) is 20.8 Å². The van der Waals surface area contributed by atoms with Crippen LogP contribution in [0.3, 0.4) is 0 Å². The number of hydrogen-bond acceptors (Lipinski definition) is 5. The maximum atomic E-state index is 12.5. The molecule has 2 aromatic heterocycles. The molecule has 0 bridgehead atoms. The Labute approximate surface area is 166 Å². The molecule has 0 aliphatic rings. The number of nitrogens with one attached hydrogen (secondary N) is 1. The largest absolute Gasteiger partial charge is 0.465 e. The number of esters is 1. The number of methoxy groups -OCH3 is 1. The Morgan fingerprint density at radius 2 is 1.89 bits per heavy atom. The van der Waals surface area contributed by atoms with Gasteiger partial charge in [-0.2, -0.15) is 0 Å². The van der Waals surface area contributed by atoms with E-state index in [1.165, 1.54) is 35.3 Å². The van der Waals surface area contributed by atoms with Crippen molar-refractivity contribution >= 4 is 39.6 Å². The number of anilines is 1. The third kappa shape index (κ3) is 4.12. The zero-order valence-electron chi connectivity index (χ0n) is 15.7. The summed E-state index contributed by atoms with van der Waals surface area (Å²) in [5.74, 6) is -0.588. The molecule has 0 aliphatic heterocycles. The lowest BCUT2D eigenvalue weighted by Crippen LogP contribution is -2.15. The van der Waals surface area contributed by atoms with Crippen molar-refractivity contribution in [2.75, 3.05) is 12.4 Å². The van der Waals surface area contributed by atoms with Crippen molar-refractivity contribution in [1.82, 2.24) is 0 Å². The second-order valence-electron chi connectivity index (χ2n) is 6.33. The van der Waals surface area contributed by atoms with Crippen LogP contribution in [0.15, 0.2) is 35.7 Å². The molecule has 0 radical (unpaired) electrons. The molecule has 3 rings (SSSR count). The SMILES string of the molecule is COC(=O)c1c(NC(=O)Cc2cccs2)sc(C)c1-c1ccc(C)c(C)c1. The number of amides is 1. The molecule has 0 saturated heterocycles. The predicted octanol–water partition coefficient (Wildman–Crippen LogP) is 5.37. The Kier molecular flexibility index (Phi) is 5.77. The predicted molar refractivity (Wildman–Crippen MR) is 112 cm³/mol. The Bertz CT molecular complexity index is 987. The molecule has 0 saturated carbocycles. The molecule has 0 fully saturated rings. The van der Waals surface area contributed by atoms with Crippen molar-refractivity contribution in [3.63, 3.8) is 0 Å². The summed E-state index contributed by atoms with van der Waals surface area (Å²) in [4.78, 5) is 26.9. The fourth-order valence-electron chi connectivity index (χ4n) is 2.92. The van der Waals surface area contributed by atoms with Crippen LogP contribution < -0.4 is 5.32 Å². The van der Waals surface area contributed by atoms with Crippen LogP contribution in [0.1, 0.15) is 31.2 Å². The maximum absolute atomic E-state index is 12.5. The minimum absolute atomic E-state index is 0.143. The fourth-order valence-corrected chi connectivity index (χ4v) is 4.70. The molecule has 0 unspecified atom stereocenters. The second kappa shape index (κ2) is 8.06. The van der Waals surface area contributed by atoms with Crippen LogP contribution in [-0.4, -0.2) is 19.0 Å². The zero-order valence-corrected chi connectivity index (χ0v) is 17.3. The van der Waals surface area contributed by atoms with E-state index < -0.39 is 5.97 Å². The first-order valence-electron chi connectivity index (χ1n) is 8.52. The highest BCUT2D eigenvalue weighted by molar-refractivity contribution is 7.17. The van der Waals surface area contributed by atoms with E-state index in [2.05, 4.69) is 18.3 Å². The summed E-state index contributed by atoms with van der Waals surface area (Å²) in [7, 11) is 1.36. The van der Waals surface area contributed by atoms with Gasteiger partial charge in [0.2, 0.25) is 5.91 Å². The minimum atomic E-state index is -0.445. The summed E-state index contributed by atoms with van der Waals surface area (Å²) >= 11 is 2.94. The summed E-state index contributed by atoms with van der Waals surface area (Å²) in [5, 5.41) is 5.38. The molecule has 27 heavy (non-hydrogen) atoms. The van der Waals surface area contributed by atoms with Gasteiger partial charge in [-0.3, -0.25) is 4.79 Å². The average Bonchev–Trinajstić information content (AvgIpc) is 3.24. The summed E-state index contributed by atoms with van der Waals surface area (Å²) in [6, 6.07) is 9.94. The Morgan fingerprint density at radius 1 is 1.11 bits per heavy atom. The molecule has 1 amide bonds. The molecule has 3 aromatic rings. The standard InChI is InChI=1S/C21H21NO3S2/c1-12-7-8-15(10-13(12)2)18-14(3)27-20(19(18)21(24)25-4)22-17(23)11-16-6-5-9-26-16/h5-10H,11H2,1-4H3,(H,22,23). The average molecular weight is 400 g/mol. The van der Waals surface area contributed by atoms with Gasteiger partial charge in [0, 0.05) is 15.3 Å². The number of rotatable bonds is 5. The highest BCUT2D eigenvalue weighted by Gasteiger charge is 2.25. The van der Waals surface area contributed by atoms with E-state index in [0.29, 0.717) is 10.6 Å². The van der Waals surface area contributed by atoms with Gasteiger partial charge in [-0.1, -0.05) is 24.3 Å². The molecule has 0 atom stereocenters. The monoisotopic (exact) mass is 399 g/mol. The van der Waals surface area contributed by atoms with E-state index in [9.17, 15) is 9.59 Å². The minimum Gasteiger partial charge on any atom is -0.465 e. The topological polar surface area (TPSA) is 55.4 Å². The lowest BCUT2D eigenvalue weighted by atomic mass is 9.97. The number of carbonyl (C=O) groups is 2. The van der Waals surface area contributed by atoms with Gasteiger partial charge in [0.25, 0.3) is 0 Å². The molecular formula is C21H21NO3S2. The van der Waals surface area contributed by atoms with E-state index >= 15 is 0 Å². The number of benzene rings is 1. The van der Waals surface area contributed by atoms with Crippen LogP contribution >= 0.6 is 22.7 Å². The number of thiophene rings is 2. The smallest absolute Gasteiger partial charge is 0.341 e. The third-order valence-corrected chi connectivity index (χ3v) is 6.33. The van der Waals surface area contributed by atoms with Crippen LogP contribution in [0.5, 0.6) is 0 Å². The van der Waals surface area contributed by atoms with Crippen molar-refractivity contribution in [2.24, 2.45) is 0 Å². The first-order chi connectivity index (χ1) is 12.9. The number of hydrogen-bond donors (Lipinski definition) is 1. The molecule has 4 nitrogen and oxygen atoms in total. The van der Waals surface area contributed by atoms with Gasteiger partial charge < -0.3 is 10.1 Å². The van der Waals surface area contributed by atoms with Crippen molar-refractivity contribution in [2.45, 2.75) is 27.2 Å². The van der Waals surface area contributed by atoms with Gasteiger partial charge in [0.05, 0.1) is 13.5 Å². The van der Waals surface area contributed by atoms with Crippen molar-refractivity contribution in [3.8, 4) is 11.1 Å². The van der Waals surface area contributed by atoms with Crippen molar-refractivity contribution in [3.05, 3.63) is 62.2 Å². The van der Waals surface area contributed by atoms with Gasteiger partial charge in [0.15, 0.2) is 0 Å². The highest BCUT2D eigenvalue weighted by atomic mass is 32.1. The molecular weight excluding hydrogens is 378 g/mol. The highest BCUT2D eigenvalue weighted by Crippen LogP contribution is 2.40. The number of aryl methyl sites for hydroxylation is 3. The van der Waals surface area contributed by atoms with E-state index in [-0.39, 0.29) is 12.3 Å². The third-order valence-electron chi connectivity index (χ3n) is 4.44. The van der Waals surface area contributed by atoms with Crippen LogP contribution in [0.2, 0.25) is 0 Å². The molecule has 1 aromatic carbocycles. The Morgan fingerprint density at radius 3 is 2.52 bits per heavy atom. The second-order valence-corrected chi connectivity index (χ2v) is 8.59. The van der Waals surface area contributed by atoms with Crippen molar-refractivity contribution < 1.29 is 14.3 Å². The summed E-state index contributed by atoms with van der Waals surface area (Å²) in [5.41, 5.74) is 4.53. The first-order valence-corrected chi connectivity index (χ1v) is 10.2.